The molecule has 0 aliphatic heterocycles. The van der Waals surface area contributed by atoms with Crippen LogP contribution in [-0.2, 0) is 36.9 Å². The molecule has 13 nitrogen and oxygen atoms in total. The number of aromatic hydroxyl groups is 1. The first-order valence-corrected chi connectivity index (χ1v) is 15.4. The Balaban J connectivity index is 2.08. The Bertz CT molecular complexity index is 1400. The number of benzene rings is 2. The van der Waals surface area contributed by atoms with Gasteiger partial charge < -0.3 is 41.0 Å². The molecule has 6 N–H and O–H groups in total. The van der Waals surface area contributed by atoms with Crippen LogP contribution in [0, 0.1) is 11.3 Å². The largest absolute Gasteiger partial charge is 0.506 e. The summed E-state index contributed by atoms with van der Waals surface area (Å²) in [5.41, 5.74) is 0.0317. The highest BCUT2D eigenvalue weighted by Gasteiger charge is 2.34. The van der Waals surface area contributed by atoms with Gasteiger partial charge in [0, 0.05) is 6.04 Å². The third kappa shape index (κ3) is 13.6. The number of nitrogens with one attached hydrogen (secondary N) is 4. The Kier molecular flexibility index (Phi) is 13.6. The molecule has 47 heavy (non-hydrogen) atoms. The second-order valence-electron chi connectivity index (χ2n) is 13.5. The van der Waals surface area contributed by atoms with E-state index in [0.29, 0.717) is 5.56 Å². The number of aliphatic carboxylic acids is 1. The van der Waals surface area contributed by atoms with Crippen LogP contribution < -0.4 is 21.3 Å². The number of phenols is 1. The number of carbonyl (C=O) groups is 5. The third-order valence-corrected chi connectivity index (χ3v) is 7.08. The van der Waals surface area contributed by atoms with E-state index in [-0.39, 0.29) is 30.9 Å². The minimum atomic E-state index is -1.06. The summed E-state index contributed by atoms with van der Waals surface area (Å²) in [4.78, 5) is 62.5. The van der Waals surface area contributed by atoms with Crippen molar-refractivity contribution in [3.05, 3.63) is 59.7 Å². The van der Waals surface area contributed by atoms with Gasteiger partial charge in [-0.3, -0.25) is 14.4 Å². The van der Waals surface area contributed by atoms with E-state index in [4.69, 9.17) is 9.47 Å². The average molecular weight is 657 g/mol. The van der Waals surface area contributed by atoms with Gasteiger partial charge in [-0.25, -0.2) is 9.59 Å². The van der Waals surface area contributed by atoms with E-state index in [1.54, 1.807) is 71.9 Å². The van der Waals surface area contributed by atoms with Gasteiger partial charge in [0.1, 0.15) is 30.0 Å². The van der Waals surface area contributed by atoms with Crippen molar-refractivity contribution in [1.82, 2.24) is 16.0 Å². The summed E-state index contributed by atoms with van der Waals surface area (Å²) in [6, 6.07) is 10.8. The SMILES string of the molecule is C[C@H](NC(=O)OCc1ccccc1)C(=O)N[C@@H](C)C(=O)Nc1cc(CC(C[C@@H](C(=O)O)C(C)(C)C)NC(=O)OC(C)(C)C)ccc1O. The molecule has 2 aromatic rings. The van der Waals surface area contributed by atoms with Gasteiger partial charge in [-0.15, -0.1) is 0 Å². The van der Waals surface area contributed by atoms with Crippen molar-refractivity contribution in [2.45, 2.75) is 98.6 Å². The van der Waals surface area contributed by atoms with Crippen LogP contribution in [0.1, 0.15) is 72.9 Å². The van der Waals surface area contributed by atoms with Crippen molar-refractivity contribution < 1.29 is 43.7 Å². The minimum absolute atomic E-state index is 0.0247. The number of ether oxygens (including phenoxy) is 2. The fourth-order valence-corrected chi connectivity index (χ4v) is 4.52. The Hall–Kier alpha value is -4.81. The molecule has 13 heteroatoms. The molecule has 0 spiro atoms. The smallest absolute Gasteiger partial charge is 0.408 e. The molecule has 4 atom stereocenters. The number of carbonyl (C=O) groups excluding carboxylic acids is 4. The van der Waals surface area contributed by atoms with E-state index in [1.165, 1.54) is 26.0 Å². The first-order valence-electron chi connectivity index (χ1n) is 15.4. The van der Waals surface area contributed by atoms with E-state index in [2.05, 4.69) is 21.3 Å². The maximum absolute atomic E-state index is 13.0. The monoisotopic (exact) mass is 656 g/mol. The second kappa shape index (κ2) is 16.7. The first-order chi connectivity index (χ1) is 21.7. The zero-order valence-corrected chi connectivity index (χ0v) is 28.3. The summed E-state index contributed by atoms with van der Waals surface area (Å²) in [7, 11) is 0. The summed E-state index contributed by atoms with van der Waals surface area (Å²) in [5, 5.41) is 30.6. The predicted molar refractivity (Wildman–Crippen MR) is 176 cm³/mol. The maximum Gasteiger partial charge on any atom is 0.408 e. The molecule has 0 bridgehead atoms. The van der Waals surface area contributed by atoms with Gasteiger partial charge >= 0.3 is 18.2 Å². The lowest BCUT2D eigenvalue weighted by molar-refractivity contribution is -0.146. The standard InChI is InChI=1S/C34H48N4O9/c1-20(35-28(40)21(2)36-31(44)46-19-22-12-10-9-11-13-22)29(41)38-26-17-23(14-15-27(26)39)16-24(37-32(45)47-34(6,7)8)18-25(30(42)43)33(3,4)5/h9-15,17,20-21,24-25,39H,16,18-19H2,1-8H3,(H,35,40)(H,36,44)(H,37,45)(H,38,41)(H,42,43)/t20-,21-,24?,25-/m0/s1. The molecule has 0 heterocycles. The molecular formula is C34H48N4O9. The fourth-order valence-electron chi connectivity index (χ4n) is 4.52. The molecule has 0 saturated heterocycles. The molecule has 0 aromatic heterocycles. The molecule has 0 aliphatic carbocycles. The molecule has 1 unspecified atom stereocenters. The highest BCUT2D eigenvalue weighted by Crippen LogP contribution is 2.32. The normalized spacial score (nSPS) is 14.0. The number of amides is 4. The van der Waals surface area contributed by atoms with Crippen molar-refractivity contribution in [2.75, 3.05) is 5.32 Å². The van der Waals surface area contributed by atoms with E-state index in [1.807, 2.05) is 6.07 Å². The van der Waals surface area contributed by atoms with Crippen molar-refractivity contribution >= 4 is 35.7 Å². The number of alkyl carbamates (subject to hydrolysis) is 2. The quantitative estimate of drug-likeness (QED) is 0.166. The molecule has 2 aromatic carbocycles. The Labute approximate surface area is 275 Å². The highest BCUT2D eigenvalue weighted by molar-refractivity contribution is 5.98. The van der Waals surface area contributed by atoms with Crippen molar-refractivity contribution in [3.8, 4) is 5.75 Å². The lowest BCUT2D eigenvalue weighted by Crippen LogP contribution is -2.50. The molecule has 258 valence electrons. The number of carboxylic acids is 1. The Morgan fingerprint density at radius 3 is 1.98 bits per heavy atom. The van der Waals surface area contributed by atoms with Crippen molar-refractivity contribution in [1.29, 1.82) is 0 Å². The van der Waals surface area contributed by atoms with Crippen LogP contribution in [0.5, 0.6) is 5.75 Å². The van der Waals surface area contributed by atoms with Gasteiger partial charge in [0.15, 0.2) is 0 Å². The van der Waals surface area contributed by atoms with Gasteiger partial charge in [-0.05, 0) is 76.1 Å². The van der Waals surface area contributed by atoms with E-state index >= 15 is 0 Å². The first kappa shape index (κ1) is 38.4. The lowest BCUT2D eigenvalue weighted by atomic mass is 9.76. The van der Waals surface area contributed by atoms with Gasteiger partial charge in [-0.2, -0.15) is 0 Å². The van der Waals surface area contributed by atoms with Gasteiger partial charge in [0.25, 0.3) is 0 Å². The molecule has 0 radical (unpaired) electrons. The zero-order chi connectivity index (χ0) is 35.5. The highest BCUT2D eigenvalue weighted by atomic mass is 16.6. The number of anilines is 1. The number of hydrogen-bond acceptors (Lipinski definition) is 8. The topological polar surface area (TPSA) is 192 Å². The average Bonchev–Trinajstić information content (AvgIpc) is 2.95. The predicted octanol–water partition coefficient (Wildman–Crippen LogP) is 4.72. The Morgan fingerprint density at radius 1 is 0.787 bits per heavy atom. The van der Waals surface area contributed by atoms with Crippen molar-refractivity contribution in [2.24, 2.45) is 11.3 Å². The van der Waals surface area contributed by atoms with E-state index < -0.39 is 65.0 Å². The number of carboxylic acid groups (broad SMARTS) is 1. The lowest BCUT2D eigenvalue weighted by Gasteiger charge is -2.31. The number of phenolic OH excluding ortho intramolecular Hbond substituents is 1. The molecule has 4 amide bonds. The van der Waals surface area contributed by atoms with Crippen LogP contribution in [0.2, 0.25) is 0 Å². The Morgan fingerprint density at radius 2 is 1.40 bits per heavy atom. The third-order valence-electron chi connectivity index (χ3n) is 7.08. The van der Waals surface area contributed by atoms with Crippen molar-refractivity contribution in [3.63, 3.8) is 0 Å². The zero-order valence-electron chi connectivity index (χ0n) is 28.3. The molecule has 0 aliphatic rings. The van der Waals surface area contributed by atoms with Gasteiger partial charge in [0.2, 0.25) is 11.8 Å². The van der Waals surface area contributed by atoms with E-state index in [9.17, 15) is 34.2 Å². The molecule has 0 fully saturated rings. The second-order valence-corrected chi connectivity index (χ2v) is 13.5. The fraction of sp³-hybridized carbons (Fsp3) is 0.500. The van der Waals surface area contributed by atoms with Crippen LogP contribution in [0.3, 0.4) is 0 Å². The molecule has 0 saturated carbocycles. The number of hydrogen-bond donors (Lipinski definition) is 6. The molecular weight excluding hydrogens is 608 g/mol. The summed E-state index contributed by atoms with van der Waals surface area (Å²) in [5.74, 6) is -3.33. The van der Waals surface area contributed by atoms with Gasteiger partial charge in [-0.1, -0.05) is 57.2 Å². The van der Waals surface area contributed by atoms with Crippen LogP contribution in [0.25, 0.3) is 0 Å². The van der Waals surface area contributed by atoms with Crippen LogP contribution >= 0.6 is 0 Å². The van der Waals surface area contributed by atoms with Crippen LogP contribution in [0.15, 0.2) is 48.5 Å². The summed E-state index contributed by atoms with van der Waals surface area (Å²) < 4.78 is 10.5. The molecule has 2 rings (SSSR count). The summed E-state index contributed by atoms with van der Waals surface area (Å²) in [6.45, 7) is 13.5. The van der Waals surface area contributed by atoms with E-state index in [0.717, 1.165) is 5.56 Å². The summed E-state index contributed by atoms with van der Waals surface area (Å²) >= 11 is 0. The van der Waals surface area contributed by atoms with Gasteiger partial charge in [0.05, 0.1) is 11.6 Å². The maximum atomic E-state index is 13.0. The number of rotatable bonds is 13. The minimum Gasteiger partial charge on any atom is -0.506 e. The summed E-state index contributed by atoms with van der Waals surface area (Å²) in [6.07, 6.45) is -1.24. The van der Waals surface area contributed by atoms with Crippen LogP contribution in [-0.4, -0.2) is 63.9 Å². The van der Waals surface area contributed by atoms with Crippen LogP contribution in [0.4, 0.5) is 15.3 Å².